The molecule has 154 valence electrons. The highest BCUT2D eigenvalue weighted by atomic mass is 32.2. The highest BCUT2D eigenvalue weighted by Crippen LogP contribution is 2.42. The minimum absolute atomic E-state index is 0.0692. The van der Waals surface area contributed by atoms with Gasteiger partial charge in [-0.15, -0.1) is 11.8 Å². The number of rotatable bonds is 5. The van der Waals surface area contributed by atoms with Gasteiger partial charge in [0.05, 0.1) is 10.6 Å². The SMILES string of the molecule is Cc1ccc(S(=O)(=O)Nc2ccc([C@@H]3SCC(=O)N3c3cccc(C)c3)cc2)cc1. The van der Waals surface area contributed by atoms with Gasteiger partial charge in [-0.05, 0) is 61.4 Å². The van der Waals surface area contributed by atoms with Crippen LogP contribution in [-0.2, 0) is 14.8 Å². The third-order valence-corrected chi connectivity index (χ3v) is 7.54. The van der Waals surface area contributed by atoms with Crippen LogP contribution in [0.2, 0.25) is 0 Å². The molecule has 0 aromatic heterocycles. The first-order chi connectivity index (χ1) is 14.3. The van der Waals surface area contributed by atoms with E-state index in [2.05, 4.69) is 4.72 Å². The largest absolute Gasteiger partial charge is 0.295 e. The van der Waals surface area contributed by atoms with E-state index in [9.17, 15) is 13.2 Å². The van der Waals surface area contributed by atoms with Crippen LogP contribution in [0.25, 0.3) is 0 Å². The quantitative estimate of drug-likeness (QED) is 0.616. The predicted octanol–water partition coefficient (Wildman–Crippen LogP) is 4.88. The Morgan fingerprint density at radius 2 is 1.63 bits per heavy atom. The average molecular weight is 439 g/mol. The molecular weight excluding hydrogens is 416 g/mol. The molecule has 1 atom stereocenters. The van der Waals surface area contributed by atoms with Crippen molar-refractivity contribution in [1.29, 1.82) is 0 Å². The number of sulfonamides is 1. The van der Waals surface area contributed by atoms with Crippen molar-refractivity contribution in [1.82, 2.24) is 0 Å². The van der Waals surface area contributed by atoms with E-state index in [1.54, 1.807) is 48.2 Å². The molecule has 3 aromatic carbocycles. The number of benzene rings is 3. The molecule has 0 unspecified atom stereocenters. The maximum atomic E-state index is 12.6. The molecule has 1 heterocycles. The smallest absolute Gasteiger partial charge is 0.261 e. The van der Waals surface area contributed by atoms with E-state index in [1.807, 2.05) is 55.1 Å². The van der Waals surface area contributed by atoms with Crippen molar-refractivity contribution in [3.8, 4) is 0 Å². The Hall–Kier alpha value is -2.77. The number of aryl methyl sites for hydroxylation is 2. The van der Waals surface area contributed by atoms with E-state index in [4.69, 9.17) is 0 Å². The Morgan fingerprint density at radius 1 is 0.933 bits per heavy atom. The zero-order valence-electron chi connectivity index (χ0n) is 16.7. The van der Waals surface area contributed by atoms with Gasteiger partial charge in [-0.1, -0.05) is 42.0 Å². The molecule has 3 aromatic rings. The van der Waals surface area contributed by atoms with E-state index in [0.717, 1.165) is 22.4 Å². The Labute approximate surface area is 181 Å². The number of amides is 1. The third kappa shape index (κ3) is 4.22. The highest BCUT2D eigenvalue weighted by molar-refractivity contribution is 8.00. The number of carbonyl (C=O) groups excluding carboxylic acids is 1. The maximum absolute atomic E-state index is 12.6. The Kier molecular flexibility index (Phi) is 5.58. The monoisotopic (exact) mass is 438 g/mol. The van der Waals surface area contributed by atoms with Crippen LogP contribution in [0.15, 0.2) is 77.7 Å². The lowest BCUT2D eigenvalue weighted by molar-refractivity contribution is -0.115. The zero-order chi connectivity index (χ0) is 21.3. The summed E-state index contributed by atoms with van der Waals surface area (Å²) in [6, 6.07) is 21.8. The number of anilines is 2. The molecule has 0 aliphatic carbocycles. The van der Waals surface area contributed by atoms with Gasteiger partial charge in [-0.2, -0.15) is 0 Å². The minimum atomic E-state index is -3.65. The molecule has 1 aliphatic heterocycles. The average Bonchev–Trinajstić information content (AvgIpc) is 3.10. The van der Waals surface area contributed by atoms with E-state index in [0.29, 0.717) is 11.4 Å². The number of nitrogens with zero attached hydrogens (tertiary/aromatic N) is 1. The van der Waals surface area contributed by atoms with Gasteiger partial charge in [0.15, 0.2) is 0 Å². The number of nitrogens with one attached hydrogen (secondary N) is 1. The third-order valence-electron chi connectivity index (χ3n) is 4.93. The summed E-state index contributed by atoms with van der Waals surface area (Å²) in [5.74, 6) is 0.486. The fourth-order valence-corrected chi connectivity index (χ4v) is 5.61. The summed E-state index contributed by atoms with van der Waals surface area (Å²) >= 11 is 1.57. The first-order valence-electron chi connectivity index (χ1n) is 9.53. The molecule has 5 nitrogen and oxygen atoms in total. The van der Waals surface area contributed by atoms with Crippen LogP contribution in [0.4, 0.5) is 11.4 Å². The van der Waals surface area contributed by atoms with Gasteiger partial charge in [-0.25, -0.2) is 8.42 Å². The summed E-state index contributed by atoms with van der Waals surface area (Å²) < 4.78 is 27.8. The van der Waals surface area contributed by atoms with E-state index in [1.165, 1.54) is 0 Å². The van der Waals surface area contributed by atoms with Crippen molar-refractivity contribution >= 4 is 39.1 Å². The molecule has 1 fully saturated rings. The Balaban J connectivity index is 1.55. The number of hydrogen-bond acceptors (Lipinski definition) is 4. The predicted molar refractivity (Wildman–Crippen MR) is 122 cm³/mol. The number of carbonyl (C=O) groups is 1. The lowest BCUT2D eigenvalue weighted by Crippen LogP contribution is -2.27. The van der Waals surface area contributed by atoms with Gasteiger partial charge < -0.3 is 0 Å². The topological polar surface area (TPSA) is 66.5 Å². The van der Waals surface area contributed by atoms with Crippen molar-refractivity contribution in [2.24, 2.45) is 0 Å². The summed E-state index contributed by atoms with van der Waals surface area (Å²) in [5.41, 5.74) is 4.40. The molecular formula is C23H22N2O3S2. The highest BCUT2D eigenvalue weighted by Gasteiger charge is 2.34. The van der Waals surface area contributed by atoms with Crippen molar-refractivity contribution in [3.63, 3.8) is 0 Å². The van der Waals surface area contributed by atoms with Crippen LogP contribution >= 0.6 is 11.8 Å². The van der Waals surface area contributed by atoms with Crippen LogP contribution in [0.1, 0.15) is 22.1 Å². The summed E-state index contributed by atoms with van der Waals surface area (Å²) in [5, 5.41) is -0.137. The van der Waals surface area contributed by atoms with Crippen LogP contribution in [0, 0.1) is 13.8 Å². The van der Waals surface area contributed by atoms with Crippen molar-refractivity contribution in [3.05, 3.63) is 89.5 Å². The second-order valence-corrected chi connectivity index (χ2v) is 10.1. The van der Waals surface area contributed by atoms with Gasteiger partial charge in [0, 0.05) is 11.4 Å². The number of thioether (sulfide) groups is 1. The van der Waals surface area contributed by atoms with Gasteiger partial charge in [-0.3, -0.25) is 14.4 Å². The van der Waals surface area contributed by atoms with E-state index >= 15 is 0 Å². The lowest BCUT2D eigenvalue weighted by atomic mass is 10.1. The van der Waals surface area contributed by atoms with Gasteiger partial charge >= 0.3 is 0 Å². The molecule has 30 heavy (non-hydrogen) atoms. The van der Waals surface area contributed by atoms with Gasteiger partial charge in [0.1, 0.15) is 5.37 Å². The van der Waals surface area contributed by atoms with Crippen LogP contribution < -0.4 is 9.62 Å². The molecule has 0 bridgehead atoms. The summed E-state index contributed by atoms with van der Waals surface area (Å²) in [6.07, 6.45) is 0. The van der Waals surface area contributed by atoms with Crippen LogP contribution in [-0.4, -0.2) is 20.1 Å². The fourth-order valence-electron chi connectivity index (χ4n) is 3.37. The van der Waals surface area contributed by atoms with Gasteiger partial charge in [0.2, 0.25) is 5.91 Å². The van der Waals surface area contributed by atoms with Crippen LogP contribution in [0.3, 0.4) is 0 Å². The standard InChI is InChI=1S/C23H22N2O3S2/c1-16-6-12-21(13-7-16)30(27,28)24-19-10-8-18(9-11-19)23-25(22(26)15-29-23)20-5-3-4-17(2)14-20/h3-14,23-24H,15H2,1-2H3/t23-/m0/s1. The second kappa shape index (κ2) is 8.16. The molecule has 1 aliphatic rings. The van der Waals surface area contributed by atoms with Crippen molar-refractivity contribution in [2.45, 2.75) is 24.1 Å². The van der Waals surface area contributed by atoms with Gasteiger partial charge in [0.25, 0.3) is 10.0 Å². The molecule has 0 spiro atoms. The fraction of sp³-hybridized carbons (Fsp3) is 0.174. The first-order valence-corrected chi connectivity index (χ1v) is 12.1. The summed E-state index contributed by atoms with van der Waals surface area (Å²) in [7, 11) is -3.65. The summed E-state index contributed by atoms with van der Waals surface area (Å²) in [4.78, 5) is 14.5. The van der Waals surface area contributed by atoms with Crippen molar-refractivity contribution in [2.75, 3.05) is 15.4 Å². The Morgan fingerprint density at radius 3 is 2.30 bits per heavy atom. The molecule has 0 radical (unpaired) electrons. The molecule has 1 saturated heterocycles. The minimum Gasteiger partial charge on any atom is -0.295 e. The lowest BCUT2D eigenvalue weighted by Gasteiger charge is -2.25. The van der Waals surface area contributed by atoms with Crippen LogP contribution in [0.5, 0.6) is 0 Å². The van der Waals surface area contributed by atoms with E-state index < -0.39 is 10.0 Å². The molecule has 7 heteroatoms. The molecule has 1 amide bonds. The van der Waals surface area contributed by atoms with Crippen molar-refractivity contribution < 1.29 is 13.2 Å². The Bertz CT molecular complexity index is 1170. The van der Waals surface area contributed by atoms with E-state index in [-0.39, 0.29) is 16.2 Å². The normalized spacial score (nSPS) is 16.7. The first kappa shape index (κ1) is 20.5. The maximum Gasteiger partial charge on any atom is 0.261 e. The molecule has 4 rings (SSSR count). The summed E-state index contributed by atoms with van der Waals surface area (Å²) in [6.45, 7) is 3.91. The molecule has 0 saturated carbocycles. The second-order valence-electron chi connectivity index (χ2n) is 7.31. The molecule has 1 N–H and O–H groups in total. The number of hydrogen-bond donors (Lipinski definition) is 1. The zero-order valence-corrected chi connectivity index (χ0v) is 18.3.